The van der Waals surface area contributed by atoms with Gasteiger partial charge in [-0.2, -0.15) is 0 Å². The summed E-state index contributed by atoms with van der Waals surface area (Å²) >= 11 is 0. The fourth-order valence-corrected chi connectivity index (χ4v) is 3.12. The molecule has 1 aliphatic rings. The van der Waals surface area contributed by atoms with Gasteiger partial charge in [0.1, 0.15) is 0 Å². The Bertz CT molecular complexity index is 468. The quantitative estimate of drug-likeness (QED) is 0.859. The largest absolute Gasteiger partial charge is 0.478 e. The van der Waals surface area contributed by atoms with Crippen LogP contribution in [0.1, 0.15) is 56.8 Å². The third-order valence-electron chi connectivity index (χ3n) is 4.47. The molecule has 1 fully saturated rings. The minimum Gasteiger partial charge on any atom is -0.478 e. The van der Waals surface area contributed by atoms with Gasteiger partial charge in [-0.3, -0.25) is 0 Å². The van der Waals surface area contributed by atoms with Crippen molar-refractivity contribution in [3.05, 3.63) is 29.8 Å². The molecule has 1 saturated carbocycles. The third kappa shape index (κ3) is 3.53. The van der Waals surface area contributed by atoms with E-state index in [0.717, 1.165) is 24.4 Å². The number of anilines is 1. The van der Waals surface area contributed by atoms with Gasteiger partial charge in [0.15, 0.2) is 0 Å². The third-order valence-corrected chi connectivity index (χ3v) is 4.47. The topological polar surface area (TPSA) is 49.3 Å². The normalized spacial score (nSPS) is 23.4. The molecule has 0 bridgehead atoms. The molecule has 3 heteroatoms. The zero-order valence-electron chi connectivity index (χ0n) is 12.6. The van der Waals surface area contributed by atoms with Crippen molar-refractivity contribution >= 4 is 11.7 Å². The number of rotatable bonds is 3. The number of aromatic carboxylic acids is 1. The summed E-state index contributed by atoms with van der Waals surface area (Å²) in [6, 6.07) is 7.57. The maximum atomic E-state index is 11.2. The first kappa shape index (κ1) is 14.9. The van der Waals surface area contributed by atoms with E-state index in [1.54, 1.807) is 12.1 Å². The number of hydrogen-bond acceptors (Lipinski definition) is 2. The van der Waals surface area contributed by atoms with Gasteiger partial charge in [0.05, 0.1) is 5.56 Å². The van der Waals surface area contributed by atoms with E-state index in [9.17, 15) is 9.90 Å². The van der Waals surface area contributed by atoms with Gasteiger partial charge in [0.25, 0.3) is 0 Å². The number of para-hydroxylation sites is 1. The molecule has 0 unspecified atom stereocenters. The molecule has 1 aliphatic carbocycles. The molecular weight excluding hydrogens is 250 g/mol. The fourth-order valence-electron chi connectivity index (χ4n) is 3.12. The first-order valence-electron chi connectivity index (χ1n) is 7.47. The van der Waals surface area contributed by atoms with Crippen LogP contribution in [0.3, 0.4) is 0 Å². The van der Waals surface area contributed by atoms with Gasteiger partial charge in [-0.15, -0.1) is 0 Å². The van der Waals surface area contributed by atoms with E-state index in [4.69, 9.17) is 0 Å². The Kier molecular flexibility index (Phi) is 4.36. The first-order valence-corrected chi connectivity index (χ1v) is 7.47. The number of nitrogens with one attached hydrogen (secondary N) is 1. The zero-order chi connectivity index (χ0) is 14.8. The molecule has 0 radical (unpaired) electrons. The van der Waals surface area contributed by atoms with Crippen LogP contribution in [-0.4, -0.2) is 17.1 Å². The van der Waals surface area contributed by atoms with Crippen molar-refractivity contribution in [1.29, 1.82) is 0 Å². The number of carbonyl (C=O) groups is 1. The zero-order valence-corrected chi connectivity index (χ0v) is 12.6. The summed E-state index contributed by atoms with van der Waals surface area (Å²) in [6.45, 7) is 6.93. The Morgan fingerprint density at radius 2 is 1.75 bits per heavy atom. The van der Waals surface area contributed by atoms with Crippen LogP contribution in [0.25, 0.3) is 0 Å². The van der Waals surface area contributed by atoms with Crippen LogP contribution in [0.2, 0.25) is 0 Å². The molecule has 1 aromatic carbocycles. The second-order valence-corrected chi connectivity index (χ2v) is 6.91. The minimum atomic E-state index is -0.864. The highest BCUT2D eigenvalue weighted by Gasteiger charge is 2.29. The van der Waals surface area contributed by atoms with Crippen LogP contribution in [0.15, 0.2) is 24.3 Å². The summed E-state index contributed by atoms with van der Waals surface area (Å²) in [5.41, 5.74) is 1.49. The van der Waals surface area contributed by atoms with E-state index in [2.05, 4.69) is 26.1 Å². The Balaban J connectivity index is 1.98. The Labute approximate surface area is 121 Å². The highest BCUT2D eigenvalue weighted by Crippen LogP contribution is 2.38. The molecule has 20 heavy (non-hydrogen) atoms. The molecule has 1 aromatic rings. The molecule has 0 heterocycles. The first-order chi connectivity index (χ1) is 9.38. The Morgan fingerprint density at radius 1 is 1.15 bits per heavy atom. The van der Waals surface area contributed by atoms with Gasteiger partial charge in [0.2, 0.25) is 0 Å². The average Bonchev–Trinajstić information content (AvgIpc) is 2.38. The van der Waals surface area contributed by atoms with Gasteiger partial charge in [-0.05, 0) is 49.1 Å². The van der Waals surface area contributed by atoms with E-state index in [1.807, 2.05) is 12.1 Å². The van der Waals surface area contributed by atoms with Crippen LogP contribution in [0.5, 0.6) is 0 Å². The molecule has 0 aromatic heterocycles. The van der Waals surface area contributed by atoms with Crippen molar-refractivity contribution < 1.29 is 9.90 Å². The lowest BCUT2D eigenvalue weighted by Gasteiger charge is -2.37. The van der Waals surface area contributed by atoms with Crippen LogP contribution >= 0.6 is 0 Å². The maximum Gasteiger partial charge on any atom is 0.337 e. The summed E-state index contributed by atoms with van der Waals surface area (Å²) in [5, 5.41) is 12.6. The molecular formula is C17H25NO2. The van der Waals surface area contributed by atoms with Crippen LogP contribution < -0.4 is 5.32 Å². The van der Waals surface area contributed by atoms with Gasteiger partial charge < -0.3 is 10.4 Å². The second kappa shape index (κ2) is 5.86. The smallest absolute Gasteiger partial charge is 0.337 e. The summed E-state index contributed by atoms with van der Waals surface area (Å²) in [7, 11) is 0. The molecule has 2 rings (SSSR count). The summed E-state index contributed by atoms with van der Waals surface area (Å²) in [6.07, 6.45) is 4.68. The van der Waals surface area contributed by atoms with Gasteiger partial charge in [-0.1, -0.05) is 32.9 Å². The molecule has 110 valence electrons. The lowest BCUT2D eigenvalue weighted by molar-refractivity contribution is 0.0698. The van der Waals surface area contributed by atoms with Crippen molar-refractivity contribution in [3.8, 4) is 0 Å². The highest BCUT2D eigenvalue weighted by molar-refractivity contribution is 5.94. The molecule has 0 atom stereocenters. The molecule has 3 nitrogen and oxygen atoms in total. The number of carboxylic acid groups (broad SMARTS) is 1. The minimum absolute atomic E-state index is 0.366. The Hall–Kier alpha value is -1.51. The molecule has 0 saturated heterocycles. The lowest BCUT2D eigenvalue weighted by atomic mass is 9.71. The van der Waals surface area contributed by atoms with Crippen molar-refractivity contribution in [2.24, 2.45) is 11.3 Å². The lowest BCUT2D eigenvalue weighted by Crippen LogP contribution is -2.31. The van der Waals surface area contributed by atoms with Crippen LogP contribution in [0, 0.1) is 11.3 Å². The van der Waals surface area contributed by atoms with Crippen molar-refractivity contribution in [2.75, 3.05) is 5.32 Å². The standard InChI is InChI=1S/C17H25NO2/c1-17(2,3)12-8-10-13(11-9-12)18-15-7-5-4-6-14(15)16(19)20/h4-7,12-13,18H,8-11H2,1-3H3,(H,19,20). The Morgan fingerprint density at radius 3 is 2.30 bits per heavy atom. The SMILES string of the molecule is CC(C)(C)C1CCC(Nc2ccccc2C(=O)O)CC1. The number of carboxylic acids is 1. The number of benzene rings is 1. The molecule has 0 aliphatic heterocycles. The molecule has 2 N–H and O–H groups in total. The van der Waals surface area contributed by atoms with Crippen molar-refractivity contribution in [1.82, 2.24) is 0 Å². The van der Waals surface area contributed by atoms with E-state index >= 15 is 0 Å². The van der Waals surface area contributed by atoms with Gasteiger partial charge >= 0.3 is 5.97 Å². The van der Waals surface area contributed by atoms with Crippen LogP contribution in [0.4, 0.5) is 5.69 Å². The van der Waals surface area contributed by atoms with Crippen molar-refractivity contribution in [3.63, 3.8) is 0 Å². The van der Waals surface area contributed by atoms with Gasteiger partial charge in [0, 0.05) is 11.7 Å². The fraction of sp³-hybridized carbons (Fsp3) is 0.588. The highest BCUT2D eigenvalue weighted by atomic mass is 16.4. The predicted molar refractivity (Wildman–Crippen MR) is 82.2 cm³/mol. The van der Waals surface area contributed by atoms with E-state index in [1.165, 1.54) is 12.8 Å². The van der Waals surface area contributed by atoms with Gasteiger partial charge in [-0.25, -0.2) is 4.79 Å². The molecule has 0 spiro atoms. The van der Waals surface area contributed by atoms with E-state index < -0.39 is 5.97 Å². The second-order valence-electron chi connectivity index (χ2n) is 6.91. The summed E-state index contributed by atoms with van der Waals surface area (Å²) in [5.74, 6) is -0.0910. The summed E-state index contributed by atoms with van der Waals surface area (Å²) < 4.78 is 0. The van der Waals surface area contributed by atoms with E-state index in [0.29, 0.717) is 17.0 Å². The monoisotopic (exact) mass is 275 g/mol. The predicted octanol–water partition coefficient (Wildman–Crippen LogP) is 4.40. The average molecular weight is 275 g/mol. The molecule has 0 amide bonds. The summed E-state index contributed by atoms with van der Waals surface area (Å²) in [4.78, 5) is 11.2. The maximum absolute atomic E-state index is 11.2. The van der Waals surface area contributed by atoms with Crippen molar-refractivity contribution in [2.45, 2.75) is 52.5 Å². The number of hydrogen-bond donors (Lipinski definition) is 2. The van der Waals surface area contributed by atoms with E-state index in [-0.39, 0.29) is 0 Å². The van der Waals surface area contributed by atoms with Crippen LogP contribution in [-0.2, 0) is 0 Å².